The summed E-state index contributed by atoms with van der Waals surface area (Å²) in [5.41, 5.74) is 1.29. The molecule has 3 heterocycles. The highest BCUT2D eigenvalue weighted by atomic mass is 32.1. The molecule has 1 aliphatic rings. The van der Waals surface area contributed by atoms with Gasteiger partial charge in [0.15, 0.2) is 5.13 Å². The van der Waals surface area contributed by atoms with Crippen molar-refractivity contribution in [2.75, 3.05) is 32.1 Å². The number of fused-ring (bicyclic) bond motifs is 1. The number of carbonyl (C=O) groups is 1. The van der Waals surface area contributed by atoms with Crippen molar-refractivity contribution in [2.45, 2.75) is 25.9 Å². The minimum atomic E-state index is -0.242. The topological polar surface area (TPSA) is 70.6 Å². The van der Waals surface area contributed by atoms with E-state index < -0.39 is 0 Å². The smallest absolute Gasteiger partial charge is 0.269 e. The van der Waals surface area contributed by atoms with E-state index in [0.29, 0.717) is 23.4 Å². The van der Waals surface area contributed by atoms with Crippen molar-refractivity contribution >= 4 is 32.6 Å². The predicted octanol–water partition coefficient (Wildman–Crippen LogP) is 3.72. The van der Waals surface area contributed by atoms with Crippen molar-refractivity contribution in [3.05, 3.63) is 42.2 Å². The number of rotatable bonds is 6. The van der Waals surface area contributed by atoms with E-state index in [1.807, 2.05) is 18.2 Å². The number of nitrogens with zero attached hydrogens (tertiary/aromatic N) is 4. The molecule has 29 heavy (non-hydrogen) atoms. The summed E-state index contributed by atoms with van der Waals surface area (Å²) in [6.45, 7) is 4.42. The van der Waals surface area contributed by atoms with Crippen LogP contribution in [0.4, 0.5) is 5.13 Å². The van der Waals surface area contributed by atoms with Crippen LogP contribution in [0.5, 0.6) is 11.5 Å². The molecule has 0 unspecified atom stereocenters. The molecule has 1 saturated heterocycles. The number of anilines is 1. The van der Waals surface area contributed by atoms with E-state index in [9.17, 15) is 4.79 Å². The fourth-order valence-corrected chi connectivity index (χ4v) is 4.71. The molecule has 0 aliphatic carbocycles. The Morgan fingerprint density at radius 3 is 2.97 bits per heavy atom. The van der Waals surface area contributed by atoms with Crippen LogP contribution in [0.1, 0.15) is 30.3 Å². The molecule has 8 heteroatoms. The largest absolute Gasteiger partial charge is 0.457 e. The number of amides is 1. The van der Waals surface area contributed by atoms with Gasteiger partial charge in [-0.05, 0) is 37.6 Å². The zero-order valence-electron chi connectivity index (χ0n) is 16.9. The second-order valence-electron chi connectivity index (χ2n) is 7.05. The number of hydrogen-bond donors (Lipinski definition) is 1. The lowest BCUT2D eigenvalue weighted by atomic mass is 10.3. The predicted molar refractivity (Wildman–Crippen MR) is 116 cm³/mol. The van der Waals surface area contributed by atoms with Crippen molar-refractivity contribution in [3.8, 4) is 11.5 Å². The van der Waals surface area contributed by atoms with Gasteiger partial charge >= 0.3 is 0 Å². The third-order valence-corrected chi connectivity index (χ3v) is 6.37. The van der Waals surface area contributed by atoms with Gasteiger partial charge < -0.3 is 15.0 Å². The molecule has 1 aliphatic heterocycles. The van der Waals surface area contributed by atoms with Gasteiger partial charge in [0.05, 0.1) is 16.4 Å². The molecule has 152 valence electrons. The second-order valence-corrected chi connectivity index (χ2v) is 8.06. The van der Waals surface area contributed by atoms with Crippen molar-refractivity contribution in [1.29, 1.82) is 0 Å². The van der Waals surface area contributed by atoms with Gasteiger partial charge in [-0.25, -0.2) is 4.98 Å². The van der Waals surface area contributed by atoms with E-state index in [-0.39, 0.29) is 5.91 Å². The highest BCUT2D eigenvalue weighted by Crippen LogP contribution is 2.34. The van der Waals surface area contributed by atoms with Crippen LogP contribution in [0.2, 0.25) is 0 Å². The lowest BCUT2D eigenvalue weighted by Crippen LogP contribution is -2.42. The highest BCUT2D eigenvalue weighted by Gasteiger charge is 2.28. The van der Waals surface area contributed by atoms with E-state index in [2.05, 4.69) is 34.1 Å². The van der Waals surface area contributed by atoms with Crippen LogP contribution in [0.25, 0.3) is 10.2 Å². The first-order chi connectivity index (χ1) is 14.1. The van der Waals surface area contributed by atoms with E-state index in [4.69, 9.17) is 9.72 Å². The van der Waals surface area contributed by atoms with Gasteiger partial charge in [0.1, 0.15) is 17.2 Å². The molecule has 3 aromatic rings. The van der Waals surface area contributed by atoms with Crippen LogP contribution < -0.4 is 15.0 Å². The number of carbonyl (C=O) groups excluding carboxylic acids is 1. The van der Waals surface area contributed by atoms with Gasteiger partial charge in [-0.2, -0.15) is 0 Å². The molecule has 1 aromatic carbocycles. The van der Waals surface area contributed by atoms with Gasteiger partial charge in [-0.3, -0.25) is 14.7 Å². The molecule has 4 rings (SSSR count). The number of nitrogens with one attached hydrogen (secondary N) is 1. The SMILES string of the molecule is CCN1CCC[C@@H]1N(C)c1nc2ccc(Oc3ccnc(C(=O)NC)c3)cc2s1. The lowest BCUT2D eigenvalue weighted by Gasteiger charge is -2.31. The van der Waals surface area contributed by atoms with Gasteiger partial charge in [0, 0.05) is 39.0 Å². The number of pyridine rings is 1. The van der Waals surface area contributed by atoms with Crippen molar-refractivity contribution in [2.24, 2.45) is 0 Å². The van der Waals surface area contributed by atoms with E-state index in [1.165, 1.54) is 12.8 Å². The summed E-state index contributed by atoms with van der Waals surface area (Å²) < 4.78 is 7.04. The molecule has 1 atom stereocenters. The number of benzene rings is 1. The minimum Gasteiger partial charge on any atom is -0.457 e. The van der Waals surface area contributed by atoms with Crippen molar-refractivity contribution < 1.29 is 9.53 Å². The zero-order valence-corrected chi connectivity index (χ0v) is 17.7. The van der Waals surface area contributed by atoms with Crippen LogP contribution >= 0.6 is 11.3 Å². The van der Waals surface area contributed by atoms with Gasteiger partial charge in [-0.1, -0.05) is 18.3 Å². The number of hydrogen-bond acceptors (Lipinski definition) is 7. The summed E-state index contributed by atoms with van der Waals surface area (Å²) in [7, 11) is 3.71. The van der Waals surface area contributed by atoms with Crippen molar-refractivity contribution in [1.82, 2.24) is 20.2 Å². The van der Waals surface area contributed by atoms with Gasteiger partial charge in [0.2, 0.25) is 0 Å². The second kappa shape index (κ2) is 8.34. The first-order valence-electron chi connectivity index (χ1n) is 9.82. The maximum Gasteiger partial charge on any atom is 0.269 e. The highest BCUT2D eigenvalue weighted by molar-refractivity contribution is 7.22. The first-order valence-corrected chi connectivity index (χ1v) is 10.6. The number of thiazole rings is 1. The Morgan fingerprint density at radius 1 is 1.34 bits per heavy atom. The quantitative estimate of drug-likeness (QED) is 0.667. The average Bonchev–Trinajstić information content (AvgIpc) is 3.39. The molecule has 1 N–H and O–H groups in total. The summed E-state index contributed by atoms with van der Waals surface area (Å²) in [5, 5.41) is 3.59. The Balaban J connectivity index is 1.55. The fraction of sp³-hybridized carbons (Fsp3) is 0.381. The van der Waals surface area contributed by atoms with Crippen molar-refractivity contribution in [3.63, 3.8) is 0 Å². The molecule has 0 bridgehead atoms. The monoisotopic (exact) mass is 411 g/mol. The van der Waals surface area contributed by atoms with Crippen LogP contribution in [0.15, 0.2) is 36.5 Å². The maximum atomic E-state index is 11.8. The van der Waals surface area contributed by atoms with Gasteiger partial charge in [0.25, 0.3) is 5.91 Å². The van der Waals surface area contributed by atoms with Crippen LogP contribution in [0.3, 0.4) is 0 Å². The molecular weight excluding hydrogens is 386 g/mol. The summed E-state index contributed by atoms with van der Waals surface area (Å²) >= 11 is 1.67. The Morgan fingerprint density at radius 2 is 2.17 bits per heavy atom. The summed E-state index contributed by atoms with van der Waals surface area (Å²) in [6.07, 6.45) is 4.38. The molecular formula is C21H25N5O2S. The molecule has 1 amide bonds. The number of aromatic nitrogens is 2. The third-order valence-electron chi connectivity index (χ3n) is 5.26. The standard InChI is InChI=1S/C21H25N5O2S/c1-4-26-11-5-6-19(26)25(3)21-24-16-8-7-14(13-18(16)29-21)28-15-9-10-23-17(12-15)20(27)22-2/h7-10,12-13,19H,4-6,11H2,1-3H3,(H,22,27)/t19-/m1/s1. The fourth-order valence-electron chi connectivity index (χ4n) is 3.71. The van der Waals surface area contributed by atoms with Crippen LogP contribution in [-0.2, 0) is 0 Å². The lowest BCUT2D eigenvalue weighted by molar-refractivity contribution is 0.0958. The van der Waals surface area contributed by atoms with E-state index in [1.54, 1.807) is 36.7 Å². The summed E-state index contributed by atoms with van der Waals surface area (Å²) in [4.78, 5) is 25.4. The zero-order chi connectivity index (χ0) is 20.4. The van der Waals surface area contributed by atoms with Gasteiger partial charge in [-0.15, -0.1) is 0 Å². The first kappa shape index (κ1) is 19.6. The Labute approximate surface area is 174 Å². The molecule has 0 radical (unpaired) electrons. The molecule has 0 spiro atoms. The molecule has 0 saturated carbocycles. The minimum absolute atomic E-state index is 0.242. The number of ether oxygens (including phenoxy) is 1. The Hall–Kier alpha value is -2.71. The Bertz CT molecular complexity index is 1020. The molecule has 7 nitrogen and oxygen atoms in total. The average molecular weight is 412 g/mol. The third kappa shape index (κ3) is 4.04. The van der Waals surface area contributed by atoms with Crippen LogP contribution in [0, 0.1) is 0 Å². The summed E-state index contributed by atoms with van der Waals surface area (Å²) in [6, 6.07) is 9.25. The molecule has 1 fully saturated rings. The maximum absolute atomic E-state index is 11.8. The normalized spacial score (nSPS) is 16.9. The summed E-state index contributed by atoms with van der Waals surface area (Å²) in [5.74, 6) is 1.04. The van der Waals surface area contributed by atoms with E-state index in [0.717, 1.165) is 28.4 Å². The molecule has 2 aromatic heterocycles. The van der Waals surface area contributed by atoms with Crippen LogP contribution in [-0.4, -0.2) is 54.1 Å². The Kier molecular flexibility index (Phi) is 5.64. The van der Waals surface area contributed by atoms with E-state index >= 15 is 0 Å². The number of likely N-dealkylation sites (tertiary alicyclic amines) is 1.